The van der Waals surface area contributed by atoms with Crippen molar-refractivity contribution in [3.05, 3.63) is 28.5 Å². The Hall–Kier alpha value is -0.270. The number of pyridine rings is 1. The van der Waals surface area contributed by atoms with Crippen LogP contribution in [0.3, 0.4) is 0 Å². The molecule has 0 aliphatic rings. The highest BCUT2D eigenvalue weighted by Gasteiger charge is 1.88. The highest BCUT2D eigenvalue weighted by Crippen LogP contribution is 2.10. The summed E-state index contributed by atoms with van der Waals surface area (Å²) in [7, 11) is 0. The van der Waals surface area contributed by atoms with Crippen LogP contribution in [0.4, 0.5) is 0 Å². The molecule has 0 fully saturated rings. The van der Waals surface area contributed by atoms with E-state index < -0.39 is 0 Å². The highest BCUT2D eigenvalue weighted by molar-refractivity contribution is 6.33. The minimum atomic E-state index is 0.317. The maximum Gasteiger partial charge on any atom is 0.109 e. The van der Waals surface area contributed by atoms with Crippen molar-refractivity contribution in [2.75, 3.05) is 0 Å². The fourth-order valence-corrected chi connectivity index (χ4v) is 0.653. The summed E-state index contributed by atoms with van der Waals surface area (Å²) in [6, 6.07) is 2.58. The maximum absolute atomic E-state index is 5.42. The molecule has 0 aliphatic carbocycles. The third kappa shape index (κ3) is 1.35. The molecule has 1 rings (SSSR count). The molecule has 0 unspecified atom stereocenters. The van der Waals surface area contributed by atoms with E-state index in [0.29, 0.717) is 10.0 Å². The van der Waals surface area contributed by atoms with E-state index in [-0.39, 0.29) is 0 Å². The Morgan fingerprint density at radius 1 is 1.50 bits per heavy atom. The lowest BCUT2D eigenvalue weighted by molar-refractivity contribution is 1.31. The van der Waals surface area contributed by atoms with Gasteiger partial charge < -0.3 is 0 Å². The van der Waals surface area contributed by atoms with Gasteiger partial charge >= 0.3 is 0 Å². The van der Waals surface area contributed by atoms with Crippen molar-refractivity contribution >= 4 is 23.2 Å². The molecule has 3 heteroatoms. The highest BCUT2D eigenvalue weighted by atomic mass is 35.5. The van der Waals surface area contributed by atoms with Gasteiger partial charge in [0.25, 0.3) is 0 Å². The Bertz CT molecular complexity index is 170. The van der Waals surface area contributed by atoms with E-state index >= 15 is 0 Å². The van der Waals surface area contributed by atoms with Crippen LogP contribution in [0, 0.1) is 12.3 Å². The zero-order valence-electron chi connectivity index (χ0n) is 3.78. The van der Waals surface area contributed by atoms with Crippen molar-refractivity contribution in [3.8, 4) is 0 Å². The summed E-state index contributed by atoms with van der Waals surface area (Å²) in [5.74, 6) is 0. The molecule has 0 saturated carbocycles. The van der Waals surface area contributed by atoms with Crippen LogP contribution in [0.15, 0.2) is 6.20 Å². The molecule has 0 spiro atoms. The third-order valence-corrected chi connectivity index (χ3v) is 0.941. The van der Waals surface area contributed by atoms with Crippen molar-refractivity contribution in [2.24, 2.45) is 0 Å². The Morgan fingerprint density at radius 2 is 2.25 bits per heavy atom. The molecular weight excluding hydrogens is 145 g/mol. The molecular formula is C5HCl2N. The molecule has 2 radical (unpaired) electrons. The standard InChI is InChI=1S/C5HCl2N/c6-4-1-5(7)3-8-2-4/h2H. The topological polar surface area (TPSA) is 12.9 Å². The quantitative estimate of drug-likeness (QED) is 0.545. The second-order valence-corrected chi connectivity index (χ2v) is 1.94. The van der Waals surface area contributed by atoms with Crippen LogP contribution in [0.1, 0.15) is 0 Å². The molecule has 0 bridgehead atoms. The van der Waals surface area contributed by atoms with Crippen LogP contribution in [0.5, 0.6) is 0 Å². The lowest BCUT2D eigenvalue weighted by Gasteiger charge is -1.83. The number of hydrogen-bond acceptors (Lipinski definition) is 1. The van der Waals surface area contributed by atoms with Gasteiger partial charge in [-0.15, -0.1) is 0 Å². The first-order chi connectivity index (χ1) is 3.79. The smallest absolute Gasteiger partial charge is 0.109 e. The second-order valence-electron chi connectivity index (χ2n) is 1.16. The number of rotatable bonds is 0. The molecule has 0 saturated heterocycles. The van der Waals surface area contributed by atoms with E-state index in [1.165, 1.54) is 6.20 Å². The number of nitrogens with zero attached hydrogens (tertiary/aromatic N) is 1. The van der Waals surface area contributed by atoms with E-state index in [0.717, 1.165) is 0 Å². The normalized spacial score (nSPS) is 9.25. The summed E-state index contributed by atoms with van der Waals surface area (Å²) in [5, 5.41) is 0.728. The van der Waals surface area contributed by atoms with Crippen LogP contribution in [0.25, 0.3) is 0 Å². The first kappa shape index (κ1) is 5.86. The van der Waals surface area contributed by atoms with Crippen LogP contribution in [0.2, 0.25) is 10.0 Å². The maximum atomic E-state index is 5.42. The molecule has 0 aliphatic heterocycles. The monoisotopic (exact) mass is 145 g/mol. The Balaban J connectivity index is 3.08. The van der Waals surface area contributed by atoms with Crippen LogP contribution >= 0.6 is 23.2 Å². The first-order valence-corrected chi connectivity index (χ1v) is 2.65. The van der Waals surface area contributed by atoms with Gasteiger partial charge in [-0.3, -0.25) is 4.98 Å². The number of aromatic nitrogens is 1. The average molecular weight is 146 g/mol. The van der Waals surface area contributed by atoms with Gasteiger partial charge in [0.2, 0.25) is 0 Å². The molecule has 0 amide bonds. The van der Waals surface area contributed by atoms with Crippen LogP contribution in [-0.4, -0.2) is 4.98 Å². The van der Waals surface area contributed by atoms with Gasteiger partial charge in [0.15, 0.2) is 0 Å². The first-order valence-electron chi connectivity index (χ1n) is 1.90. The van der Waals surface area contributed by atoms with Crippen molar-refractivity contribution in [1.29, 1.82) is 0 Å². The van der Waals surface area contributed by atoms with Gasteiger partial charge in [-0.1, -0.05) is 23.2 Å². The van der Waals surface area contributed by atoms with E-state index in [4.69, 9.17) is 23.2 Å². The Labute approximate surface area is 57.3 Å². The Kier molecular flexibility index (Phi) is 1.71. The van der Waals surface area contributed by atoms with Crippen LogP contribution in [-0.2, 0) is 0 Å². The van der Waals surface area contributed by atoms with Crippen molar-refractivity contribution in [2.45, 2.75) is 0 Å². The van der Waals surface area contributed by atoms with Gasteiger partial charge in [-0.05, 0) is 0 Å². The van der Waals surface area contributed by atoms with Crippen molar-refractivity contribution < 1.29 is 0 Å². The fourth-order valence-electron chi connectivity index (χ4n) is 0.311. The molecule has 1 aromatic rings. The minimum Gasteiger partial charge on any atom is -0.251 e. The van der Waals surface area contributed by atoms with E-state index in [9.17, 15) is 0 Å². The summed E-state index contributed by atoms with van der Waals surface area (Å²) in [6.07, 6.45) is 3.87. The summed E-state index contributed by atoms with van der Waals surface area (Å²) in [5.41, 5.74) is 0. The molecule has 0 aromatic carbocycles. The predicted molar refractivity (Wildman–Crippen MR) is 31.9 cm³/mol. The fraction of sp³-hybridized carbons (Fsp3) is 0. The lowest BCUT2D eigenvalue weighted by Crippen LogP contribution is -1.70. The van der Waals surface area contributed by atoms with Gasteiger partial charge in [0.1, 0.15) is 6.20 Å². The predicted octanol–water partition coefficient (Wildman–Crippen LogP) is 1.99. The van der Waals surface area contributed by atoms with Crippen molar-refractivity contribution in [1.82, 2.24) is 4.98 Å². The van der Waals surface area contributed by atoms with E-state index in [1.54, 1.807) is 0 Å². The van der Waals surface area contributed by atoms with Crippen LogP contribution < -0.4 is 0 Å². The molecule has 0 atom stereocenters. The number of hydrogen-bond donors (Lipinski definition) is 0. The molecule has 1 aromatic heterocycles. The second kappa shape index (κ2) is 2.33. The average Bonchev–Trinajstić information content (AvgIpc) is 1.64. The Morgan fingerprint density at radius 3 is 2.62 bits per heavy atom. The van der Waals surface area contributed by atoms with Crippen molar-refractivity contribution in [3.63, 3.8) is 0 Å². The minimum absolute atomic E-state index is 0.317. The lowest BCUT2D eigenvalue weighted by atomic mass is 10.5. The summed E-state index contributed by atoms with van der Waals surface area (Å²) >= 11 is 10.8. The van der Waals surface area contributed by atoms with Gasteiger partial charge in [0.05, 0.1) is 10.0 Å². The van der Waals surface area contributed by atoms with Gasteiger partial charge in [0, 0.05) is 12.3 Å². The zero-order valence-corrected chi connectivity index (χ0v) is 5.29. The molecule has 1 heterocycles. The van der Waals surface area contributed by atoms with Gasteiger partial charge in [-0.25, -0.2) is 0 Å². The zero-order chi connectivity index (χ0) is 5.98. The van der Waals surface area contributed by atoms with E-state index in [1.807, 2.05) is 0 Å². The molecule has 8 heavy (non-hydrogen) atoms. The molecule has 1 nitrogen and oxygen atoms in total. The number of halogens is 2. The third-order valence-electron chi connectivity index (χ3n) is 0.570. The largest absolute Gasteiger partial charge is 0.251 e. The summed E-state index contributed by atoms with van der Waals surface area (Å²) in [4.78, 5) is 3.56. The molecule has 0 N–H and O–H groups in total. The summed E-state index contributed by atoms with van der Waals surface area (Å²) in [6.45, 7) is 0. The van der Waals surface area contributed by atoms with Gasteiger partial charge in [-0.2, -0.15) is 0 Å². The summed E-state index contributed by atoms with van der Waals surface area (Å²) < 4.78 is 0. The molecule has 40 valence electrons. The van der Waals surface area contributed by atoms with E-state index in [2.05, 4.69) is 17.2 Å². The SMILES string of the molecule is Clc1[c]ncc(Cl)[c]1.